The first-order valence-electron chi connectivity index (χ1n) is 10.8. The number of carbonyl (C=O) groups is 2. The van der Waals surface area contributed by atoms with Crippen molar-refractivity contribution in [2.75, 3.05) is 10.6 Å². The smallest absolute Gasteiger partial charge is 0.266 e. The molecule has 33 heavy (non-hydrogen) atoms. The molecular weight excluding hydrogens is 408 g/mol. The van der Waals surface area contributed by atoms with E-state index in [9.17, 15) is 9.59 Å². The molecule has 1 heterocycles. The van der Waals surface area contributed by atoms with E-state index in [0.717, 1.165) is 34.4 Å². The molecule has 4 nitrogen and oxygen atoms in total. The van der Waals surface area contributed by atoms with Gasteiger partial charge in [0.05, 0.1) is 16.8 Å². The highest BCUT2D eigenvalue weighted by atomic mass is 16.2. The van der Waals surface area contributed by atoms with Gasteiger partial charge in [0, 0.05) is 5.69 Å². The second-order valence-corrected chi connectivity index (χ2v) is 8.01. The monoisotopic (exact) mass is 430 g/mol. The lowest BCUT2D eigenvalue weighted by molar-refractivity contribution is -0.119. The van der Waals surface area contributed by atoms with E-state index in [4.69, 9.17) is 5.73 Å². The van der Waals surface area contributed by atoms with Gasteiger partial charge in [-0.25, -0.2) is 4.90 Å². The normalized spacial score (nSPS) is 13.6. The summed E-state index contributed by atoms with van der Waals surface area (Å²) >= 11 is 0. The molecule has 1 aliphatic heterocycles. The highest BCUT2D eigenvalue weighted by molar-refractivity contribution is 6.56. The minimum Gasteiger partial charge on any atom is -0.399 e. The summed E-state index contributed by atoms with van der Waals surface area (Å²) in [6, 6.07) is 34.1. The molecule has 0 aliphatic carbocycles. The van der Waals surface area contributed by atoms with E-state index < -0.39 is 0 Å². The van der Waals surface area contributed by atoms with Gasteiger partial charge in [0.25, 0.3) is 11.8 Å². The van der Waals surface area contributed by atoms with Gasteiger partial charge < -0.3 is 5.73 Å². The minimum atomic E-state index is -0.309. The maximum atomic E-state index is 13.5. The number of hydrogen-bond acceptors (Lipinski definition) is 3. The van der Waals surface area contributed by atoms with Crippen molar-refractivity contribution in [1.29, 1.82) is 0 Å². The Balaban J connectivity index is 1.49. The van der Waals surface area contributed by atoms with Crippen LogP contribution in [0, 0.1) is 0 Å². The van der Waals surface area contributed by atoms with Crippen LogP contribution in [0.3, 0.4) is 0 Å². The van der Waals surface area contributed by atoms with Crippen LogP contribution in [-0.4, -0.2) is 11.8 Å². The van der Waals surface area contributed by atoms with Crippen LogP contribution in [0.5, 0.6) is 0 Å². The molecule has 4 heteroatoms. The van der Waals surface area contributed by atoms with E-state index in [1.807, 2.05) is 109 Å². The molecule has 0 bridgehead atoms. The molecule has 1 aliphatic rings. The largest absolute Gasteiger partial charge is 0.399 e. The van der Waals surface area contributed by atoms with Crippen molar-refractivity contribution < 1.29 is 9.59 Å². The maximum Gasteiger partial charge on any atom is 0.266 e. The van der Waals surface area contributed by atoms with Gasteiger partial charge in [0.2, 0.25) is 0 Å². The van der Waals surface area contributed by atoms with Crippen LogP contribution in [0.15, 0.2) is 109 Å². The molecule has 0 radical (unpaired) electrons. The molecule has 0 saturated carbocycles. The predicted octanol–water partition coefficient (Wildman–Crippen LogP) is 5.34. The van der Waals surface area contributed by atoms with Gasteiger partial charge in [0.15, 0.2) is 0 Å². The first-order valence-corrected chi connectivity index (χ1v) is 10.8. The summed E-state index contributed by atoms with van der Waals surface area (Å²) in [6.07, 6.45) is 0.741. The quantitative estimate of drug-likeness (QED) is 0.343. The molecule has 0 fully saturated rings. The molecular formula is C29H22N2O2. The number of hydrogen-bond donors (Lipinski definition) is 1. The standard InChI is InChI=1S/C29H22N2O2/c30-24-15-11-20(12-16-24)19-21-13-17-25(18-14-21)31-28(32)26(22-7-3-1-4-8-22)27(29(31)33)23-9-5-2-6-10-23/h1-18H,19,30H2. The Labute approximate surface area is 192 Å². The van der Waals surface area contributed by atoms with Gasteiger partial charge in [-0.3, -0.25) is 9.59 Å². The van der Waals surface area contributed by atoms with Crippen molar-refractivity contribution in [2.24, 2.45) is 0 Å². The number of carbonyl (C=O) groups excluding carboxylic acids is 2. The van der Waals surface area contributed by atoms with Gasteiger partial charge >= 0.3 is 0 Å². The van der Waals surface area contributed by atoms with E-state index in [1.165, 1.54) is 4.90 Å². The fourth-order valence-corrected chi connectivity index (χ4v) is 4.14. The lowest BCUT2D eigenvalue weighted by Gasteiger charge is -2.16. The summed E-state index contributed by atoms with van der Waals surface area (Å²) < 4.78 is 0. The van der Waals surface area contributed by atoms with Crippen LogP contribution in [0.1, 0.15) is 22.3 Å². The summed E-state index contributed by atoms with van der Waals surface area (Å²) in [5.74, 6) is -0.618. The number of nitrogens with two attached hydrogens (primary N) is 1. The van der Waals surface area contributed by atoms with Crippen molar-refractivity contribution in [3.63, 3.8) is 0 Å². The second kappa shape index (κ2) is 8.60. The van der Waals surface area contributed by atoms with E-state index in [2.05, 4.69) is 0 Å². The Bertz CT molecular complexity index is 1280. The zero-order valence-corrected chi connectivity index (χ0v) is 17.9. The van der Waals surface area contributed by atoms with E-state index in [0.29, 0.717) is 16.8 Å². The van der Waals surface area contributed by atoms with Crippen LogP contribution >= 0.6 is 0 Å². The average molecular weight is 431 g/mol. The molecule has 4 aromatic rings. The van der Waals surface area contributed by atoms with Crippen LogP contribution in [-0.2, 0) is 16.0 Å². The van der Waals surface area contributed by atoms with Crippen molar-refractivity contribution in [3.05, 3.63) is 131 Å². The van der Waals surface area contributed by atoms with Crippen molar-refractivity contribution in [2.45, 2.75) is 6.42 Å². The van der Waals surface area contributed by atoms with E-state index >= 15 is 0 Å². The Morgan fingerprint density at radius 3 is 1.42 bits per heavy atom. The minimum absolute atomic E-state index is 0.309. The maximum absolute atomic E-state index is 13.5. The lowest BCUT2D eigenvalue weighted by Crippen LogP contribution is -2.31. The van der Waals surface area contributed by atoms with Crippen LogP contribution in [0.2, 0.25) is 0 Å². The topological polar surface area (TPSA) is 63.4 Å². The van der Waals surface area contributed by atoms with Crippen molar-refractivity contribution in [1.82, 2.24) is 0 Å². The Morgan fingerprint density at radius 1 is 0.545 bits per heavy atom. The zero-order chi connectivity index (χ0) is 22.8. The summed E-state index contributed by atoms with van der Waals surface area (Å²) in [6.45, 7) is 0. The van der Waals surface area contributed by atoms with Crippen LogP contribution in [0.4, 0.5) is 11.4 Å². The first-order chi connectivity index (χ1) is 16.1. The summed E-state index contributed by atoms with van der Waals surface area (Å²) in [5.41, 5.74) is 11.6. The molecule has 0 atom stereocenters. The van der Waals surface area contributed by atoms with Crippen LogP contribution < -0.4 is 10.6 Å². The molecule has 0 aromatic heterocycles. The first kappa shape index (κ1) is 20.5. The molecule has 5 rings (SSSR count). The van der Waals surface area contributed by atoms with Gasteiger partial charge in [-0.2, -0.15) is 0 Å². The lowest BCUT2D eigenvalue weighted by atomic mass is 9.96. The number of amides is 2. The molecule has 0 spiro atoms. The number of anilines is 2. The molecule has 4 aromatic carbocycles. The third-order valence-corrected chi connectivity index (χ3v) is 5.79. The van der Waals surface area contributed by atoms with Crippen molar-refractivity contribution in [3.8, 4) is 0 Å². The van der Waals surface area contributed by atoms with Gasteiger partial charge in [-0.15, -0.1) is 0 Å². The number of nitrogen functional groups attached to an aromatic ring is 1. The molecule has 0 unspecified atom stereocenters. The third-order valence-electron chi connectivity index (χ3n) is 5.79. The molecule has 0 saturated heterocycles. The number of imide groups is 1. The number of rotatable bonds is 5. The SMILES string of the molecule is Nc1ccc(Cc2ccc(N3C(=O)C(c4ccccc4)=C(c4ccccc4)C3=O)cc2)cc1. The Morgan fingerprint density at radius 2 is 0.970 bits per heavy atom. The zero-order valence-electron chi connectivity index (χ0n) is 17.9. The number of benzene rings is 4. The highest BCUT2D eigenvalue weighted by Crippen LogP contribution is 2.38. The van der Waals surface area contributed by atoms with Gasteiger partial charge in [-0.1, -0.05) is 84.9 Å². The Kier molecular flexibility index (Phi) is 5.33. The van der Waals surface area contributed by atoms with Gasteiger partial charge in [0.1, 0.15) is 0 Å². The second-order valence-electron chi connectivity index (χ2n) is 8.01. The average Bonchev–Trinajstić information content (AvgIpc) is 3.12. The van der Waals surface area contributed by atoms with Crippen molar-refractivity contribution >= 4 is 34.3 Å². The molecule has 160 valence electrons. The molecule has 2 amide bonds. The van der Waals surface area contributed by atoms with E-state index in [-0.39, 0.29) is 11.8 Å². The van der Waals surface area contributed by atoms with E-state index in [1.54, 1.807) is 0 Å². The molecule has 2 N–H and O–H groups in total. The fourth-order valence-electron chi connectivity index (χ4n) is 4.14. The van der Waals surface area contributed by atoms with Gasteiger partial charge in [-0.05, 0) is 52.9 Å². The third kappa shape index (κ3) is 3.94. The fraction of sp³-hybridized carbons (Fsp3) is 0.0345. The highest BCUT2D eigenvalue weighted by Gasteiger charge is 2.40. The van der Waals surface area contributed by atoms with Crippen LogP contribution in [0.25, 0.3) is 11.1 Å². The summed E-state index contributed by atoms with van der Waals surface area (Å²) in [7, 11) is 0. The predicted molar refractivity (Wildman–Crippen MR) is 132 cm³/mol. The summed E-state index contributed by atoms with van der Waals surface area (Å²) in [4.78, 5) is 28.4. The number of nitrogens with zero attached hydrogens (tertiary/aromatic N) is 1. The summed E-state index contributed by atoms with van der Waals surface area (Å²) in [5, 5.41) is 0. The Hall–Kier alpha value is -4.44.